The third-order valence-corrected chi connectivity index (χ3v) is 17.6. The maximum absolute atomic E-state index is 16.0. The first-order valence-corrected chi connectivity index (χ1v) is 26.2. The van der Waals surface area contributed by atoms with E-state index in [-0.39, 0.29) is 73.8 Å². The lowest BCUT2D eigenvalue weighted by molar-refractivity contribution is -0.384. The summed E-state index contributed by atoms with van der Waals surface area (Å²) in [5, 5.41) is 16.3. The van der Waals surface area contributed by atoms with E-state index in [4.69, 9.17) is 28.7 Å². The van der Waals surface area contributed by atoms with Crippen LogP contribution >= 0.6 is 0 Å². The summed E-state index contributed by atoms with van der Waals surface area (Å²) in [5.74, 6) is -0.744. The number of sulfonamides is 1. The number of aromatic nitrogens is 2. The Hall–Kier alpha value is -6.06. The summed E-state index contributed by atoms with van der Waals surface area (Å²) in [7, 11) is -4.77. The summed E-state index contributed by atoms with van der Waals surface area (Å²) in [5.41, 5.74) is 2.97. The highest BCUT2D eigenvalue weighted by molar-refractivity contribution is 7.90. The van der Waals surface area contributed by atoms with Crippen molar-refractivity contribution in [3.05, 3.63) is 99.7 Å². The van der Waals surface area contributed by atoms with E-state index in [0.717, 1.165) is 75.1 Å². The zero-order valence-electron chi connectivity index (χ0n) is 39.4. The number of H-pyrrole nitrogens is 1. The monoisotopic (exact) mass is 992 g/mol. The molecule has 5 fully saturated rings. The summed E-state index contributed by atoms with van der Waals surface area (Å²) in [6, 6.07) is 19.4. The van der Waals surface area contributed by atoms with Crippen molar-refractivity contribution in [2.24, 2.45) is 5.41 Å². The Morgan fingerprint density at radius 2 is 1.72 bits per heavy atom. The van der Waals surface area contributed by atoms with Gasteiger partial charge in [0.1, 0.15) is 29.7 Å². The highest BCUT2D eigenvalue weighted by Gasteiger charge is 2.50. The zero-order chi connectivity index (χ0) is 48.6. The van der Waals surface area contributed by atoms with E-state index in [9.17, 15) is 23.3 Å². The van der Waals surface area contributed by atoms with Crippen molar-refractivity contribution in [1.29, 1.82) is 0 Å². The molecule has 374 valence electrons. The van der Waals surface area contributed by atoms with Crippen molar-refractivity contribution >= 4 is 55.4 Å². The number of nitrogens with zero attached hydrogens (tertiary/aromatic N) is 5. The Kier molecular flexibility index (Phi) is 11.6. The number of carbonyl (C=O) groups excluding carboxylic acids is 1. The quantitative estimate of drug-likeness (QED) is 0.0996. The third-order valence-electron chi connectivity index (χ3n) is 16.3. The van der Waals surface area contributed by atoms with E-state index in [2.05, 4.69) is 56.0 Å². The first kappa shape index (κ1) is 46.0. The Labute approximate surface area is 410 Å². The first-order valence-electron chi connectivity index (χ1n) is 24.7. The van der Waals surface area contributed by atoms with Crippen LogP contribution in [0, 0.1) is 22.5 Å². The number of aromatic amines is 1. The average molecular weight is 993 g/mol. The molecule has 8 heterocycles. The number of halogens is 1. The van der Waals surface area contributed by atoms with Crippen LogP contribution in [-0.4, -0.2) is 130 Å². The van der Waals surface area contributed by atoms with Gasteiger partial charge in [0.05, 0.1) is 59.0 Å². The number of nitro groups is 1. The fourth-order valence-corrected chi connectivity index (χ4v) is 13.3. The smallest absolute Gasteiger partial charge is 0.297 e. The summed E-state index contributed by atoms with van der Waals surface area (Å²) < 4.78 is 76.5. The zero-order valence-corrected chi connectivity index (χ0v) is 40.3. The van der Waals surface area contributed by atoms with E-state index in [1.165, 1.54) is 11.1 Å². The minimum atomic E-state index is -4.77. The second-order valence-electron chi connectivity index (χ2n) is 20.3. The van der Waals surface area contributed by atoms with Crippen LogP contribution in [0.4, 0.5) is 32.8 Å². The number of ether oxygens (including phenoxy) is 5. The number of fused-ring (bicyclic) bond motifs is 4. The molecular formula is C51H57FN8O10S. The molecule has 12 rings (SSSR count). The number of aryl methyl sites for hydroxylation is 1. The number of hydrogen-bond acceptors (Lipinski definition) is 15. The van der Waals surface area contributed by atoms with Gasteiger partial charge >= 0.3 is 0 Å². The second kappa shape index (κ2) is 17.9. The number of anilines is 4. The molecular weight excluding hydrogens is 936 g/mol. The van der Waals surface area contributed by atoms with Gasteiger partial charge in [-0.25, -0.2) is 17.5 Å². The van der Waals surface area contributed by atoms with E-state index < -0.39 is 49.3 Å². The standard InChI is InChI=1S/C51H57FN8O10S/c1-31-4-2-3-5-36(31)42-28-68-21-17-58(42)34-26-50(27-34)10-15-57(16-11-50)33-6-7-37(39(23-33)59-38-9-18-67-29-44(38)70-49-41(59)22-32-8-14-53-47(32)55-49)48(61)56-71(64,65)35-24-40(60(62)63)46-43(25-35)69-30-45(54-46)51(52)12-19-66-20-13-51/h2-8,14,22-25,34,38,42,44-45,54H,9-13,15-21,26-30H2,1H3,(H,53,55)(H,56,61)/t38-,42-,44-,45+/m0/s1. The lowest BCUT2D eigenvalue weighted by Crippen LogP contribution is -2.58. The minimum absolute atomic E-state index is 0.0616. The molecule has 5 aromatic rings. The first-order chi connectivity index (χ1) is 34.4. The van der Waals surface area contributed by atoms with Crippen LogP contribution in [0.5, 0.6) is 11.6 Å². The van der Waals surface area contributed by atoms with Crippen LogP contribution < -0.4 is 29.3 Å². The average Bonchev–Trinajstić information content (AvgIpc) is 3.83. The topological polar surface area (TPSA) is 203 Å². The molecule has 6 aliphatic heterocycles. The number of pyridine rings is 1. The number of piperidine rings is 1. The summed E-state index contributed by atoms with van der Waals surface area (Å²) >= 11 is 0. The molecule has 2 aromatic heterocycles. The molecule has 0 radical (unpaired) electrons. The molecule has 1 spiro atoms. The third kappa shape index (κ3) is 8.30. The lowest BCUT2D eigenvalue weighted by Gasteiger charge is -2.57. The summed E-state index contributed by atoms with van der Waals surface area (Å²) in [6.07, 6.45) is 6.29. The highest BCUT2D eigenvalue weighted by atomic mass is 32.2. The predicted molar refractivity (Wildman–Crippen MR) is 261 cm³/mol. The van der Waals surface area contributed by atoms with Gasteiger partial charge in [-0.15, -0.1) is 0 Å². The molecule has 4 atom stereocenters. The Bertz CT molecular complexity index is 3010. The maximum atomic E-state index is 16.0. The number of hydrogen-bond donors (Lipinski definition) is 3. The highest BCUT2D eigenvalue weighted by Crippen LogP contribution is 2.54. The number of rotatable bonds is 9. The number of alkyl halides is 1. The number of nitro benzene ring substituents is 1. The van der Waals surface area contributed by atoms with E-state index in [0.29, 0.717) is 48.6 Å². The van der Waals surface area contributed by atoms with Crippen molar-refractivity contribution in [3.63, 3.8) is 0 Å². The van der Waals surface area contributed by atoms with Crippen LogP contribution in [0.25, 0.3) is 11.0 Å². The van der Waals surface area contributed by atoms with Gasteiger partial charge in [0.15, 0.2) is 11.4 Å². The van der Waals surface area contributed by atoms with Gasteiger partial charge < -0.3 is 43.8 Å². The van der Waals surface area contributed by atoms with Crippen molar-refractivity contribution in [2.75, 3.05) is 81.0 Å². The minimum Gasteiger partial charge on any atom is -0.489 e. The van der Waals surface area contributed by atoms with Crippen LogP contribution in [-0.2, 0) is 24.2 Å². The van der Waals surface area contributed by atoms with Gasteiger partial charge in [-0.2, -0.15) is 4.98 Å². The molecule has 18 nitrogen and oxygen atoms in total. The molecule has 1 amide bonds. The Morgan fingerprint density at radius 1 is 0.915 bits per heavy atom. The molecule has 1 saturated carbocycles. The van der Waals surface area contributed by atoms with E-state index >= 15 is 4.39 Å². The Balaban J connectivity index is 0.845. The summed E-state index contributed by atoms with van der Waals surface area (Å²) in [6.45, 7) is 7.03. The fraction of sp³-hybridized carbons (Fsp3) is 0.490. The molecule has 4 saturated heterocycles. The number of benzene rings is 3. The predicted octanol–water partition coefficient (Wildman–Crippen LogP) is 7.10. The molecule has 1 aliphatic carbocycles. The number of morpholine rings is 1. The molecule has 3 aromatic carbocycles. The van der Waals surface area contributed by atoms with Gasteiger partial charge in [-0.05, 0) is 85.9 Å². The van der Waals surface area contributed by atoms with E-state index in [1.807, 2.05) is 29.2 Å². The van der Waals surface area contributed by atoms with Gasteiger partial charge in [0.2, 0.25) is 5.88 Å². The van der Waals surface area contributed by atoms with Gasteiger partial charge in [0.25, 0.3) is 21.6 Å². The van der Waals surface area contributed by atoms with Crippen molar-refractivity contribution < 1.29 is 46.2 Å². The maximum Gasteiger partial charge on any atom is 0.297 e. The fourth-order valence-electron chi connectivity index (χ4n) is 12.3. The number of amides is 1. The largest absolute Gasteiger partial charge is 0.489 e. The van der Waals surface area contributed by atoms with Crippen molar-refractivity contribution in [3.8, 4) is 11.6 Å². The van der Waals surface area contributed by atoms with E-state index in [1.54, 1.807) is 12.3 Å². The molecule has 7 aliphatic rings. The molecule has 71 heavy (non-hydrogen) atoms. The van der Waals surface area contributed by atoms with Crippen molar-refractivity contribution in [1.82, 2.24) is 19.6 Å². The van der Waals surface area contributed by atoms with Gasteiger partial charge in [-0.1, -0.05) is 24.3 Å². The van der Waals surface area contributed by atoms with Gasteiger partial charge in [-0.3, -0.25) is 19.8 Å². The Morgan fingerprint density at radius 3 is 2.52 bits per heavy atom. The van der Waals surface area contributed by atoms with Crippen LogP contribution in [0.1, 0.15) is 72.5 Å². The normalized spacial score (nSPS) is 25.2. The summed E-state index contributed by atoms with van der Waals surface area (Å²) in [4.78, 5) is 41.0. The van der Waals surface area contributed by atoms with Crippen molar-refractivity contribution in [2.45, 2.75) is 92.7 Å². The van der Waals surface area contributed by atoms with Crippen LogP contribution in [0.3, 0.4) is 0 Å². The molecule has 0 unspecified atom stereocenters. The lowest BCUT2D eigenvalue weighted by atomic mass is 9.59. The molecule has 0 bridgehead atoms. The second-order valence-corrected chi connectivity index (χ2v) is 22.0. The van der Waals surface area contributed by atoms with Gasteiger partial charge in [0, 0.05) is 87.7 Å². The molecule has 20 heteroatoms. The van der Waals surface area contributed by atoms with Crippen LogP contribution in [0.15, 0.2) is 77.8 Å². The van der Waals surface area contributed by atoms with Crippen LogP contribution in [0.2, 0.25) is 0 Å². The number of carbonyl (C=O) groups is 1. The SMILES string of the molecule is Cc1ccccc1[C@@H]1COCCN1C1CC2(CCN(c3ccc(C(=O)NS(=O)(=O)c4cc5c(c([N+](=O)[O-])c4)N[C@@H](C4(F)CCOCC4)CO5)c(N4c5cc6cc[nH]c6nc5O[C@H]5COCC[C@@H]54)c3)CC2)C1. The molecule has 3 N–H and O–H groups in total. The number of nitrogens with one attached hydrogen (secondary N) is 3.